The van der Waals surface area contributed by atoms with E-state index in [0.29, 0.717) is 22.6 Å². The molecule has 0 radical (unpaired) electrons. The largest absolute Gasteiger partial charge is 0.382 e. The van der Waals surface area contributed by atoms with Gasteiger partial charge in [0.15, 0.2) is 5.13 Å². The maximum Gasteiger partial charge on any atom is 0.265 e. The molecule has 1 aromatic heterocycles. The number of hydrogen-bond donors (Lipinski definition) is 3. The molecule has 1 amide bonds. The molecule has 1 heterocycles. The van der Waals surface area contributed by atoms with E-state index in [4.69, 9.17) is 5.73 Å². The van der Waals surface area contributed by atoms with Gasteiger partial charge in [-0.2, -0.15) is 0 Å². The topological polar surface area (TPSA) is 83.3 Å². The first-order valence-corrected chi connectivity index (χ1v) is 8.18. The van der Waals surface area contributed by atoms with Crippen LogP contribution in [0.1, 0.15) is 43.8 Å². The number of thiazole rings is 1. The summed E-state index contributed by atoms with van der Waals surface area (Å²) in [5, 5.41) is 6.74. The van der Waals surface area contributed by atoms with Crippen molar-refractivity contribution in [3.05, 3.63) is 4.88 Å². The van der Waals surface area contributed by atoms with E-state index >= 15 is 0 Å². The smallest absolute Gasteiger partial charge is 0.265 e. The minimum Gasteiger partial charge on any atom is -0.382 e. The Hall–Kier alpha value is -1.34. The molecule has 1 atom stereocenters. The highest BCUT2D eigenvalue weighted by Crippen LogP contribution is 2.25. The van der Waals surface area contributed by atoms with Gasteiger partial charge in [0.2, 0.25) is 0 Å². The zero-order valence-corrected chi connectivity index (χ0v) is 14.4. The molecule has 0 bridgehead atoms. The van der Waals surface area contributed by atoms with Gasteiger partial charge >= 0.3 is 0 Å². The monoisotopic (exact) mass is 313 g/mol. The van der Waals surface area contributed by atoms with Crippen molar-refractivity contribution in [3.8, 4) is 0 Å². The lowest BCUT2D eigenvalue weighted by molar-refractivity contribution is 0.0952. The second-order valence-electron chi connectivity index (χ2n) is 5.53. The number of amides is 1. The first kappa shape index (κ1) is 17.7. The number of aromatic nitrogens is 1. The fraction of sp³-hybridized carbons (Fsp3) is 0.714. The first-order chi connectivity index (χ1) is 9.85. The zero-order chi connectivity index (χ0) is 16.0. The highest BCUT2D eigenvalue weighted by molar-refractivity contribution is 7.18. The summed E-state index contributed by atoms with van der Waals surface area (Å²) in [7, 11) is 2.06. The summed E-state index contributed by atoms with van der Waals surface area (Å²) in [6.45, 7) is 9.78. The maximum atomic E-state index is 12.1. The van der Waals surface area contributed by atoms with E-state index in [1.165, 1.54) is 11.3 Å². The van der Waals surface area contributed by atoms with Gasteiger partial charge in [0.1, 0.15) is 10.7 Å². The average Bonchev–Trinajstić information content (AvgIpc) is 2.77. The van der Waals surface area contributed by atoms with Gasteiger partial charge in [-0.1, -0.05) is 18.3 Å². The number of likely N-dealkylation sites (N-methyl/N-ethyl adjacent to an activating group) is 1. The van der Waals surface area contributed by atoms with Gasteiger partial charge in [-0.05, 0) is 34.2 Å². The number of carbonyl (C=O) groups excluding carboxylic acids is 1. The average molecular weight is 313 g/mol. The molecule has 0 aliphatic rings. The van der Waals surface area contributed by atoms with E-state index in [1.807, 2.05) is 13.8 Å². The van der Waals surface area contributed by atoms with Crippen LogP contribution in [-0.4, -0.2) is 48.0 Å². The van der Waals surface area contributed by atoms with Crippen LogP contribution in [0.25, 0.3) is 0 Å². The maximum absolute atomic E-state index is 12.1. The van der Waals surface area contributed by atoms with Crippen LogP contribution in [0.15, 0.2) is 0 Å². The van der Waals surface area contributed by atoms with Crippen LogP contribution >= 0.6 is 11.3 Å². The predicted molar refractivity (Wildman–Crippen MR) is 90.0 cm³/mol. The third kappa shape index (κ3) is 5.51. The van der Waals surface area contributed by atoms with Crippen molar-refractivity contribution in [1.29, 1.82) is 0 Å². The fourth-order valence-corrected chi connectivity index (χ4v) is 2.71. The first-order valence-electron chi connectivity index (χ1n) is 7.36. The summed E-state index contributed by atoms with van der Waals surface area (Å²) in [5.41, 5.74) is 5.81. The summed E-state index contributed by atoms with van der Waals surface area (Å²) in [4.78, 5) is 19.0. The van der Waals surface area contributed by atoms with Gasteiger partial charge in [0, 0.05) is 25.2 Å². The Bertz CT molecular complexity index is 460. The second-order valence-corrected chi connectivity index (χ2v) is 6.53. The molecule has 6 nitrogen and oxygen atoms in total. The third-order valence-corrected chi connectivity index (χ3v) is 4.37. The van der Waals surface area contributed by atoms with E-state index in [1.54, 1.807) is 0 Å². The molecule has 7 heteroatoms. The van der Waals surface area contributed by atoms with Crippen molar-refractivity contribution in [2.75, 3.05) is 31.2 Å². The molecule has 0 aromatic carbocycles. The Kier molecular flexibility index (Phi) is 6.91. The standard InChI is InChI=1S/C14H27N5OS/c1-6-10(4)19(5)8-7-16-13(20)11-12(15)18-14(21-11)17-9(2)3/h9-10H,6-8,15H2,1-5H3,(H,16,20)(H,17,18). The highest BCUT2D eigenvalue weighted by Gasteiger charge is 2.16. The molecule has 0 aliphatic carbocycles. The van der Waals surface area contributed by atoms with Crippen LogP contribution in [0.4, 0.5) is 10.9 Å². The summed E-state index contributed by atoms with van der Waals surface area (Å²) in [6.07, 6.45) is 1.09. The second kappa shape index (κ2) is 8.19. The summed E-state index contributed by atoms with van der Waals surface area (Å²) in [6, 6.07) is 0.771. The van der Waals surface area contributed by atoms with Crippen molar-refractivity contribution >= 4 is 28.2 Å². The predicted octanol–water partition coefficient (Wildman–Crippen LogP) is 2.01. The number of nitrogens with one attached hydrogen (secondary N) is 2. The van der Waals surface area contributed by atoms with E-state index in [-0.39, 0.29) is 17.8 Å². The lowest BCUT2D eigenvalue weighted by Crippen LogP contribution is -2.37. The van der Waals surface area contributed by atoms with Gasteiger partial charge in [-0.25, -0.2) is 4.98 Å². The summed E-state index contributed by atoms with van der Waals surface area (Å²) in [5.74, 6) is 0.135. The number of nitrogens with zero attached hydrogens (tertiary/aromatic N) is 2. The minimum absolute atomic E-state index is 0.153. The molecular weight excluding hydrogens is 286 g/mol. The van der Waals surface area contributed by atoms with Crippen molar-refractivity contribution in [2.24, 2.45) is 0 Å². The Balaban J connectivity index is 2.50. The number of anilines is 2. The molecule has 0 fully saturated rings. The molecule has 0 aliphatic heterocycles. The molecule has 0 saturated carbocycles. The number of nitrogens with two attached hydrogens (primary N) is 1. The third-order valence-electron chi connectivity index (χ3n) is 3.37. The van der Waals surface area contributed by atoms with Crippen LogP contribution in [0.5, 0.6) is 0 Å². The van der Waals surface area contributed by atoms with E-state index in [9.17, 15) is 4.79 Å². The van der Waals surface area contributed by atoms with Gasteiger partial charge in [0.25, 0.3) is 5.91 Å². The molecular formula is C14H27N5OS. The van der Waals surface area contributed by atoms with Crippen LogP contribution in [-0.2, 0) is 0 Å². The molecule has 1 unspecified atom stereocenters. The van der Waals surface area contributed by atoms with Gasteiger partial charge in [-0.15, -0.1) is 0 Å². The molecule has 4 N–H and O–H groups in total. The number of rotatable bonds is 8. The lowest BCUT2D eigenvalue weighted by Gasteiger charge is -2.23. The molecule has 0 saturated heterocycles. The molecule has 1 rings (SSSR count). The van der Waals surface area contributed by atoms with Crippen molar-refractivity contribution in [2.45, 2.75) is 46.2 Å². The molecule has 0 spiro atoms. The van der Waals surface area contributed by atoms with Crippen molar-refractivity contribution in [1.82, 2.24) is 15.2 Å². The van der Waals surface area contributed by atoms with Crippen LogP contribution < -0.4 is 16.4 Å². The molecule has 21 heavy (non-hydrogen) atoms. The highest BCUT2D eigenvalue weighted by atomic mass is 32.1. The Morgan fingerprint density at radius 3 is 2.67 bits per heavy atom. The Morgan fingerprint density at radius 2 is 2.10 bits per heavy atom. The minimum atomic E-state index is -0.153. The number of nitrogen functional groups attached to an aromatic ring is 1. The van der Waals surface area contributed by atoms with Crippen LogP contribution in [0.3, 0.4) is 0 Å². The number of hydrogen-bond acceptors (Lipinski definition) is 6. The summed E-state index contributed by atoms with van der Waals surface area (Å²) >= 11 is 1.29. The lowest BCUT2D eigenvalue weighted by atomic mass is 10.2. The fourth-order valence-electron chi connectivity index (χ4n) is 1.76. The number of carbonyl (C=O) groups is 1. The Labute approximate surface area is 131 Å². The molecule has 1 aromatic rings. The Morgan fingerprint density at radius 1 is 1.43 bits per heavy atom. The van der Waals surface area contributed by atoms with Gasteiger partial charge in [0.05, 0.1) is 0 Å². The van der Waals surface area contributed by atoms with E-state index in [2.05, 4.69) is 41.4 Å². The molecule has 120 valence electrons. The van der Waals surface area contributed by atoms with Crippen LogP contribution in [0.2, 0.25) is 0 Å². The SMILES string of the molecule is CCC(C)N(C)CCNC(=O)c1sc(NC(C)C)nc1N. The normalized spacial score (nSPS) is 12.7. The van der Waals surface area contributed by atoms with Crippen molar-refractivity contribution in [3.63, 3.8) is 0 Å². The van der Waals surface area contributed by atoms with E-state index in [0.717, 1.165) is 13.0 Å². The van der Waals surface area contributed by atoms with Crippen LogP contribution in [0, 0.1) is 0 Å². The zero-order valence-electron chi connectivity index (χ0n) is 13.6. The van der Waals surface area contributed by atoms with Gasteiger partial charge in [-0.3, -0.25) is 4.79 Å². The summed E-state index contributed by atoms with van der Waals surface area (Å²) < 4.78 is 0. The van der Waals surface area contributed by atoms with Gasteiger partial charge < -0.3 is 21.3 Å². The quantitative estimate of drug-likeness (QED) is 0.684. The van der Waals surface area contributed by atoms with Crippen molar-refractivity contribution < 1.29 is 4.79 Å². The van der Waals surface area contributed by atoms with E-state index < -0.39 is 0 Å².